The van der Waals surface area contributed by atoms with E-state index in [0.29, 0.717) is 5.56 Å². The van der Waals surface area contributed by atoms with Crippen molar-refractivity contribution in [2.24, 2.45) is 11.8 Å². The van der Waals surface area contributed by atoms with E-state index in [2.05, 4.69) is 10.6 Å². The second-order valence-corrected chi connectivity index (χ2v) is 16.3. The van der Waals surface area contributed by atoms with Crippen molar-refractivity contribution in [3.63, 3.8) is 0 Å². The van der Waals surface area contributed by atoms with Crippen LogP contribution in [0.25, 0.3) is 11.1 Å². The third-order valence-electron chi connectivity index (χ3n) is 9.79. The minimum absolute atomic E-state index is 0.0591. The maximum Gasteiger partial charge on any atom is 0.409 e. The fourth-order valence-electron chi connectivity index (χ4n) is 6.68. The summed E-state index contributed by atoms with van der Waals surface area (Å²) in [5.74, 6) is -3.23. The number of fused-ring (bicyclic) bond motifs is 3. The number of sulfone groups is 1. The number of likely N-dealkylation sites (N-methyl/N-ethyl adjacent to an activating group) is 1. The summed E-state index contributed by atoms with van der Waals surface area (Å²) in [6, 6.07) is 20.4. The Morgan fingerprint density at radius 1 is 0.895 bits per heavy atom. The summed E-state index contributed by atoms with van der Waals surface area (Å²) in [6.07, 6.45) is -3.89. The lowest BCUT2D eigenvalue weighted by Gasteiger charge is -2.42. The van der Waals surface area contributed by atoms with E-state index < -0.39 is 76.7 Å². The summed E-state index contributed by atoms with van der Waals surface area (Å²) >= 11 is 0. The normalized spacial score (nSPS) is 19.9. The molecule has 1 heterocycles. The summed E-state index contributed by atoms with van der Waals surface area (Å²) in [4.78, 5) is 64.6. The SMILES string of the molecule is COC(=O)[C@H]1O[C@@H](Oc2ccc(COC(=O)NCCS(C)(=O)=O)cc2NC(=O)CN(C)C(=O)OCC2c3ccccc3-c3ccccc32)[C@H](C)[C@@H](C)[C@@H]1OC(C)=O. The Morgan fingerprint density at radius 2 is 1.54 bits per heavy atom. The van der Waals surface area contributed by atoms with Crippen LogP contribution in [0.3, 0.4) is 0 Å². The van der Waals surface area contributed by atoms with E-state index in [0.717, 1.165) is 33.4 Å². The molecule has 0 radical (unpaired) electrons. The van der Waals surface area contributed by atoms with Gasteiger partial charge in [0, 0.05) is 44.5 Å². The van der Waals surface area contributed by atoms with Gasteiger partial charge in [-0.3, -0.25) is 9.59 Å². The molecule has 17 heteroatoms. The van der Waals surface area contributed by atoms with Gasteiger partial charge in [0.15, 0.2) is 6.10 Å². The topological polar surface area (TPSA) is 202 Å². The molecule has 5 atom stereocenters. The predicted octanol–water partition coefficient (Wildman–Crippen LogP) is 4.26. The summed E-state index contributed by atoms with van der Waals surface area (Å²) in [6.45, 7) is 4.01. The number of ether oxygens (including phenoxy) is 6. The van der Waals surface area contributed by atoms with Crippen molar-refractivity contribution in [3.05, 3.63) is 83.4 Å². The molecule has 2 N–H and O–H groups in total. The van der Waals surface area contributed by atoms with Crippen LogP contribution in [0.15, 0.2) is 66.7 Å². The third kappa shape index (κ3) is 10.8. The second-order valence-electron chi connectivity index (χ2n) is 14.0. The molecule has 1 fully saturated rings. The van der Waals surface area contributed by atoms with E-state index in [4.69, 9.17) is 28.4 Å². The van der Waals surface area contributed by atoms with E-state index in [1.807, 2.05) is 48.5 Å². The molecule has 3 aromatic rings. The lowest BCUT2D eigenvalue weighted by Crippen LogP contribution is -2.55. The molecule has 0 saturated carbocycles. The van der Waals surface area contributed by atoms with E-state index in [1.54, 1.807) is 19.9 Å². The number of hydrogen-bond donors (Lipinski definition) is 2. The van der Waals surface area contributed by atoms with Crippen molar-refractivity contribution < 1.29 is 60.8 Å². The van der Waals surface area contributed by atoms with Crippen molar-refractivity contribution in [1.82, 2.24) is 10.2 Å². The number of esters is 2. The first-order valence-electron chi connectivity index (χ1n) is 18.2. The van der Waals surface area contributed by atoms with Crippen LogP contribution in [0.1, 0.15) is 43.4 Å². The largest absolute Gasteiger partial charge is 0.467 e. The number of hydrogen-bond acceptors (Lipinski definition) is 13. The van der Waals surface area contributed by atoms with Gasteiger partial charge in [-0.1, -0.05) is 68.4 Å². The van der Waals surface area contributed by atoms with Gasteiger partial charge in [0.1, 0.15) is 41.4 Å². The number of rotatable bonds is 14. The molecule has 2 aliphatic rings. The molecule has 1 aliphatic heterocycles. The molecule has 306 valence electrons. The van der Waals surface area contributed by atoms with Gasteiger partial charge in [-0.25, -0.2) is 22.8 Å². The Labute approximate surface area is 331 Å². The Bertz CT molecular complexity index is 2050. The predicted molar refractivity (Wildman–Crippen MR) is 206 cm³/mol. The Kier molecular flexibility index (Phi) is 13.8. The zero-order valence-corrected chi connectivity index (χ0v) is 33.3. The minimum Gasteiger partial charge on any atom is -0.467 e. The van der Waals surface area contributed by atoms with Crippen molar-refractivity contribution in [3.8, 4) is 16.9 Å². The summed E-state index contributed by atoms with van der Waals surface area (Å²) in [5.41, 5.74) is 4.76. The minimum atomic E-state index is -3.30. The maximum absolute atomic E-state index is 13.5. The molecule has 1 aliphatic carbocycles. The van der Waals surface area contributed by atoms with E-state index in [9.17, 15) is 32.4 Å². The first-order valence-corrected chi connectivity index (χ1v) is 20.3. The molecule has 0 spiro atoms. The van der Waals surface area contributed by atoms with Gasteiger partial charge >= 0.3 is 24.1 Å². The van der Waals surface area contributed by atoms with Crippen molar-refractivity contribution in [1.29, 1.82) is 0 Å². The highest BCUT2D eigenvalue weighted by Gasteiger charge is 2.48. The fourth-order valence-corrected chi connectivity index (χ4v) is 7.15. The van der Waals surface area contributed by atoms with Gasteiger partial charge in [-0.2, -0.15) is 0 Å². The highest BCUT2D eigenvalue weighted by molar-refractivity contribution is 7.90. The number of carbonyl (C=O) groups excluding carboxylic acids is 5. The molecule has 0 unspecified atom stereocenters. The van der Waals surface area contributed by atoms with Crippen LogP contribution < -0.4 is 15.4 Å². The van der Waals surface area contributed by atoms with Gasteiger partial charge in [0.2, 0.25) is 12.2 Å². The molecule has 1 saturated heterocycles. The Morgan fingerprint density at radius 3 is 2.16 bits per heavy atom. The van der Waals surface area contributed by atoms with Gasteiger partial charge < -0.3 is 44.0 Å². The molecule has 3 aromatic carbocycles. The zero-order valence-electron chi connectivity index (χ0n) is 32.5. The highest BCUT2D eigenvalue weighted by Crippen LogP contribution is 2.44. The molecule has 5 rings (SSSR count). The third-order valence-corrected chi connectivity index (χ3v) is 10.7. The van der Waals surface area contributed by atoms with Crippen LogP contribution >= 0.6 is 0 Å². The molecule has 16 nitrogen and oxygen atoms in total. The van der Waals surface area contributed by atoms with Crippen LogP contribution in [-0.4, -0.2) is 108 Å². The monoisotopic (exact) mass is 809 g/mol. The van der Waals surface area contributed by atoms with Crippen LogP contribution in [0.5, 0.6) is 5.75 Å². The summed E-state index contributed by atoms with van der Waals surface area (Å²) in [5, 5.41) is 5.11. The molecule has 0 aromatic heterocycles. The van der Waals surface area contributed by atoms with Crippen LogP contribution in [0, 0.1) is 11.8 Å². The van der Waals surface area contributed by atoms with Crippen LogP contribution in [-0.2, 0) is 54.5 Å². The van der Waals surface area contributed by atoms with Gasteiger partial charge in [-0.05, 0) is 39.9 Å². The van der Waals surface area contributed by atoms with Gasteiger partial charge in [0.05, 0.1) is 18.6 Å². The van der Waals surface area contributed by atoms with Crippen LogP contribution in [0.2, 0.25) is 0 Å². The quantitative estimate of drug-likeness (QED) is 0.173. The summed E-state index contributed by atoms with van der Waals surface area (Å²) in [7, 11) is -0.705. The van der Waals surface area contributed by atoms with Gasteiger partial charge in [-0.15, -0.1) is 0 Å². The second kappa shape index (κ2) is 18.5. The lowest BCUT2D eigenvalue weighted by molar-refractivity contribution is -0.243. The molecule has 57 heavy (non-hydrogen) atoms. The number of nitrogens with one attached hydrogen (secondary N) is 2. The average Bonchev–Trinajstić information content (AvgIpc) is 3.49. The van der Waals surface area contributed by atoms with Crippen molar-refractivity contribution >= 4 is 45.6 Å². The average molecular weight is 810 g/mol. The van der Waals surface area contributed by atoms with Gasteiger partial charge in [0.25, 0.3) is 0 Å². The number of anilines is 1. The number of alkyl carbamates (subject to hydrolysis) is 1. The maximum atomic E-state index is 13.5. The number of carbonyl (C=O) groups is 5. The smallest absolute Gasteiger partial charge is 0.409 e. The van der Waals surface area contributed by atoms with E-state index in [-0.39, 0.29) is 42.9 Å². The Hall–Kier alpha value is -5.68. The number of amides is 3. The first-order chi connectivity index (χ1) is 27.1. The molecule has 3 amide bonds. The van der Waals surface area contributed by atoms with Crippen LogP contribution in [0.4, 0.5) is 15.3 Å². The standard InChI is InChI=1S/C40H47N3O13S/c1-23-24(2)38(56-36(37(46)51-5)35(23)54-25(3)44)55-33-16-15-26(21-52-39(47)41-17-18-57(6,49)50)19-32(33)42-34(45)20-43(4)40(48)53-22-31-29-13-9-7-11-27(29)28-12-8-10-14-30(28)31/h7-16,19,23-24,31,35-36,38H,17-18,20-22H2,1-6H3,(H,41,47)(H,42,45)/t23-,24-,35+,36+,38-/m1/s1. The van der Waals surface area contributed by atoms with E-state index in [1.165, 1.54) is 33.2 Å². The molecular formula is C40H47N3O13S. The molecular weight excluding hydrogens is 763 g/mol. The Balaban J connectivity index is 1.29. The van der Waals surface area contributed by atoms with Crippen molar-refractivity contribution in [2.45, 2.75) is 51.8 Å². The first kappa shape index (κ1) is 42.5. The molecule has 0 bridgehead atoms. The van der Waals surface area contributed by atoms with Crippen molar-refractivity contribution in [2.75, 3.05) is 51.2 Å². The van der Waals surface area contributed by atoms with E-state index >= 15 is 0 Å². The lowest BCUT2D eigenvalue weighted by atomic mass is 9.84. The number of methoxy groups -OCH3 is 1. The number of benzene rings is 3. The zero-order chi connectivity index (χ0) is 41.4. The summed E-state index contributed by atoms with van der Waals surface area (Å²) < 4.78 is 56.3. The fraction of sp³-hybridized carbons (Fsp3) is 0.425. The number of nitrogens with zero attached hydrogens (tertiary/aromatic N) is 1. The highest BCUT2D eigenvalue weighted by atomic mass is 32.2.